The Morgan fingerprint density at radius 3 is 2.20 bits per heavy atom. The number of amides is 1. The van der Waals surface area contributed by atoms with Gasteiger partial charge in [-0.15, -0.1) is 0 Å². The van der Waals surface area contributed by atoms with Crippen LogP contribution in [-0.2, 0) is 19.6 Å². The molecular formula is C28H29ClN4O2. The van der Waals surface area contributed by atoms with E-state index in [1.54, 1.807) is 0 Å². The number of phenolic OH excluding ortho intramolecular Hbond substituents is 1. The monoisotopic (exact) mass is 488 g/mol. The topological polar surface area (TPSA) is 99.4 Å². The highest BCUT2D eigenvalue weighted by Crippen LogP contribution is 2.24. The molecule has 6 N–H and O–H groups in total. The van der Waals surface area contributed by atoms with Gasteiger partial charge < -0.3 is 16.2 Å². The predicted molar refractivity (Wildman–Crippen MR) is 141 cm³/mol. The minimum absolute atomic E-state index is 0.0380. The molecule has 1 amide bonds. The number of carbonyl (C=O) groups is 1. The van der Waals surface area contributed by atoms with Crippen molar-refractivity contribution in [3.63, 3.8) is 0 Å². The first kappa shape index (κ1) is 24.7. The number of carbonyl (C=O) groups excluding carboxylic acids is 1. The summed E-state index contributed by atoms with van der Waals surface area (Å²) in [5.74, 6) is -0.387. The summed E-state index contributed by atoms with van der Waals surface area (Å²) in [6.45, 7) is 3.95. The van der Waals surface area contributed by atoms with Crippen LogP contribution < -0.4 is 21.9 Å². The molecule has 1 unspecified atom stereocenters. The van der Waals surface area contributed by atoms with Crippen LogP contribution in [0, 0.1) is 0 Å². The SMILES string of the molecule is CC(N)c1ccc(CNCc2ccc(CNNC(=O)c3ccc(O)c(Cl)c3)c3ccccc23)cc1. The van der Waals surface area contributed by atoms with Crippen molar-refractivity contribution >= 4 is 28.3 Å². The third-order valence-corrected chi connectivity index (χ3v) is 6.25. The molecule has 0 aliphatic heterocycles. The van der Waals surface area contributed by atoms with E-state index < -0.39 is 0 Å². The molecular weight excluding hydrogens is 460 g/mol. The number of hydrazine groups is 1. The van der Waals surface area contributed by atoms with Crippen LogP contribution >= 0.6 is 11.6 Å². The molecule has 180 valence electrons. The minimum atomic E-state index is -0.328. The maximum absolute atomic E-state index is 12.4. The van der Waals surface area contributed by atoms with Gasteiger partial charge in [-0.1, -0.05) is 72.3 Å². The number of aromatic hydroxyl groups is 1. The van der Waals surface area contributed by atoms with Gasteiger partial charge in [0.25, 0.3) is 5.91 Å². The lowest BCUT2D eigenvalue weighted by Crippen LogP contribution is -2.36. The molecule has 4 rings (SSSR count). The van der Waals surface area contributed by atoms with E-state index in [2.05, 4.69) is 64.7 Å². The largest absolute Gasteiger partial charge is 0.506 e. The summed E-state index contributed by atoms with van der Waals surface area (Å²) in [7, 11) is 0. The molecule has 0 fully saturated rings. The first-order valence-corrected chi connectivity index (χ1v) is 11.9. The van der Waals surface area contributed by atoms with Gasteiger partial charge in [-0.3, -0.25) is 10.2 Å². The van der Waals surface area contributed by atoms with Gasteiger partial charge in [0, 0.05) is 31.2 Å². The Kier molecular flexibility index (Phi) is 8.00. The van der Waals surface area contributed by atoms with E-state index in [1.807, 2.05) is 19.1 Å². The zero-order valence-corrected chi connectivity index (χ0v) is 20.3. The molecule has 0 heterocycles. The highest BCUT2D eigenvalue weighted by Gasteiger charge is 2.10. The fourth-order valence-electron chi connectivity index (χ4n) is 3.95. The van der Waals surface area contributed by atoms with E-state index in [9.17, 15) is 9.90 Å². The third-order valence-electron chi connectivity index (χ3n) is 5.95. The van der Waals surface area contributed by atoms with Crippen LogP contribution in [0.3, 0.4) is 0 Å². The number of nitrogens with one attached hydrogen (secondary N) is 3. The van der Waals surface area contributed by atoms with E-state index >= 15 is 0 Å². The minimum Gasteiger partial charge on any atom is -0.506 e. The van der Waals surface area contributed by atoms with Gasteiger partial charge in [0.05, 0.1) is 5.02 Å². The van der Waals surface area contributed by atoms with Crippen LogP contribution in [0.1, 0.15) is 45.6 Å². The van der Waals surface area contributed by atoms with Crippen molar-refractivity contribution in [2.45, 2.75) is 32.6 Å². The Balaban J connectivity index is 1.38. The average Bonchev–Trinajstić information content (AvgIpc) is 2.87. The summed E-state index contributed by atoms with van der Waals surface area (Å²) in [5.41, 5.74) is 16.6. The van der Waals surface area contributed by atoms with Crippen LogP contribution in [0.4, 0.5) is 0 Å². The van der Waals surface area contributed by atoms with Crippen LogP contribution in [0.15, 0.2) is 78.9 Å². The second kappa shape index (κ2) is 11.3. The second-order valence-electron chi connectivity index (χ2n) is 8.54. The summed E-state index contributed by atoms with van der Waals surface area (Å²) in [5, 5.41) is 15.5. The van der Waals surface area contributed by atoms with Gasteiger partial charge in [0.1, 0.15) is 5.75 Å². The van der Waals surface area contributed by atoms with Crippen LogP contribution in [-0.4, -0.2) is 11.0 Å². The summed E-state index contributed by atoms with van der Waals surface area (Å²) >= 11 is 5.90. The van der Waals surface area contributed by atoms with E-state index in [1.165, 1.54) is 34.7 Å². The molecule has 0 aliphatic rings. The Morgan fingerprint density at radius 2 is 1.57 bits per heavy atom. The van der Waals surface area contributed by atoms with Crippen molar-refractivity contribution in [2.24, 2.45) is 5.73 Å². The molecule has 4 aromatic carbocycles. The fraction of sp³-hybridized carbons (Fsp3) is 0.179. The summed E-state index contributed by atoms with van der Waals surface area (Å²) in [6, 6.07) is 25.2. The van der Waals surface area contributed by atoms with E-state index in [0.717, 1.165) is 29.6 Å². The number of halogens is 1. The van der Waals surface area contributed by atoms with E-state index in [-0.39, 0.29) is 22.7 Å². The van der Waals surface area contributed by atoms with Crippen molar-refractivity contribution in [1.82, 2.24) is 16.2 Å². The number of nitrogens with two attached hydrogens (primary N) is 1. The van der Waals surface area contributed by atoms with Crippen LogP contribution in [0.5, 0.6) is 5.75 Å². The Hall–Kier alpha value is -3.42. The van der Waals surface area contributed by atoms with Crippen molar-refractivity contribution < 1.29 is 9.90 Å². The normalized spacial score (nSPS) is 12.0. The molecule has 0 saturated heterocycles. The highest BCUT2D eigenvalue weighted by molar-refractivity contribution is 6.32. The van der Waals surface area contributed by atoms with E-state index in [4.69, 9.17) is 17.3 Å². The number of hydrogen-bond acceptors (Lipinski definition) is 5. The lowest BCUT2D eigenvalue weighted by Gasteiger charge is -2.14. The van der Waals surface area contributed by atoms with Gasteiger partial charge in [0.15, 0.2) is 0 Å². The molecule has 0 spiro atoms. The fourth-order valence-corrected chi connectivity index (χ4v) is 4.13. The van der Waals surface area contributed by atoms with Gasteiger partial charge >= 0.3 is 0 Å². The van der Waals surface area contributed by atoms with Gasteiger partial charge in [-0.05, 0) is 58.1 Å². The van der Waals surface area contributed by atoms with Gasteiger partial charge in [-0.25, -0.2) is 5.43 Å². The number of rotatable bonds is 9. The number of benzene rings is 4. The molecule has 35 heavy (non-hydrogen) atoms. The van der Waals surface area contributed by atoms with Crippen molar-refractivity contribution in [1.29, 1.82) is 0 Å². The van der Waals surface area contributed by atoms with Crippen LogP contribution in [0.25, 0.3) is 10.8 Å². The number of phenols is 1. The molecule has 6 nitrogen and oxygen atoms in total. The summed E-state index contributed by atoms with van der Waals surface area (Å²) < 4.78 is 0. The maximum Gasteiger partial charge on any atom is 0.265 e. The molecule has 0 aromatic heterocycles. The molecule has 7 heteroatoms. The molecule has 4 aromatic rings. The number of hydrogen-bond donors (Lipinski definition) is 5. The molecule has 0 aliphatic carbocycles. The molecule has 0 saturated carbocycles. The quantitative estimate of drug-likeness (QED) is 0.215. The van der Waals surface area contributed by atoms with Gasteiger partial charge in [0.2, 0.25) is 0 Å². The average molecular weight is 489 g/mol. The third kappa shape index (κ3) is 6.18. The standard InChI is InChI=1S/C28H29ClN4O2/c1-18(30)20-8-6-19(7-9-20)15-31-16-22-10-11-23(25-5-3-2-4-24(22)25)17-32-33-28(35)21-12-13-27(34)26(29)14-21/h2-14,18,31-32,34H,15-17,30H2,1H3,(H,33,35). The lowest BCUT2D eigenvalue weighted by molar-refractivity contribution is 0.0932. The molecule has 0 bridgehead atoms. The summed E-state index contributed by atoms with van der Waals surface area (Å²) in [6.07, 6.45) is 0. The first-order chi connectivity index (χ1) is 16.9. The van der Waals surface area contributed by atoms with Crippen molar-refractivity contribution in [3.05, 3.63) is 112 Å². The highest BCUT2D eigenvalue weighted by atomic mass is 35.5. The first-order valence-electron chi connectivity index (χ1n) is 11.5. The van der Waals surface area contributed by atoms with Crippen molar-refractivity contribution in [3.8, 4) is 5.75 Å². The zero-order chi connectivity index (χ0) is 24.8. The zero-order valence-electron chi connectivity index (χ0n) is 19.5. The molecule has 0 radical (unpaired) electrons. The van der Waals surface area contributed by atoms with Crippen molar-refractivity contribution in [2.75, 3.05) is 0 Å². The molecule has 1 atom stereocenters. The Labute approximate surface area is 210 Å². The maximum atomic E-state index is 12.4. The lowest BCUT2D eigenvalue weighted by atomic mass is 9.99. The summed E-state index contributed by atoms with van der Waals surface area (Å²) in [4.78, 5) is 12.4. The number of fused-ring (bicyclic) bond motifs is 1. The smallest absolute Gasteiger partial charge is 0.265 e. The Bertz CT molecular complexity index is 1320. The van der Waals surface area contributed by atoms with Gasteiger partial charge in [-0.2, -0.15) is 0 Å². The van der Waals surface area contributed by atoms with Crippen LogP contribution in [0.2, 0.25) is 5.02 Å². The van der Waals surface area contributed by atoms with E-state index in [0.29, 0.717) is 12.1 Å². The Morgan fingerprint density at radius 1 is 0.914 bits per heavy atom. The second-order valence-corrected chi connectivity index (χ2v) is 8.94. The predicted octanol–water partition coefficient (Wildman–Crippen LogP) is 4.94.